The summed E-state index contributed by atoms with van der Waals surface area (Å²) in [6.45, 7) is 1.29. The Hall–Kier alpha value is -3.40. The van der Waals surface area contributed by atoms with Crippen LogP contribution in [0.5, 0.6) is 5.75 Å². The number of amides is 2. The molecule has 0 spiro atoms. The molecule has 3 N–H and O–H groups in total. The summed E-state index contributed by atoms with van der Waals surface area (Å²) in [7, 11) is 1.87. The van der Waals surface area contributed by atoms with Gasteiger partial charge in [-0.3, -0.25) is 0 Å². The van der Waals surface area contributed by atoms with Gasteiger partial charge in [-0.25, -0.2) is 4.79 Å². The van der Waals surface area contributed by atoms with Crippen LogP contribution in [0.2, 0.25) is 5.02 Å². The lowest BCUT2D eigenvalue weighted by atomic mass is 10.2. The molecule has 1 aromatic heterocycles. The van der Waals surface area contributed by atoms with Gasteiger partial charge in [0.15, 0.2) is 0 Å². The quantitative estimate of drug-likeness (QED) is 0.222. The highest BCUT2D eigenvalue weighted by atomic mass is 35.5. The maximum absolute atomic E-state index is 13.0. The van der Waals surface area contributed by atoms with Crippen LogP contribution in [0.25, 0.3) is 16.6 Å². The van der Waals surface area contributed by atoms with Gasteiger partial charge in [-0.05, 0) is 67.7 Å². The van der Waals surface area contributed by atoms with Crippen molar-refractivity contribution in [3.8, 4) is 11.4 Å². The average Bonchev–Trinajstić information content (AvgIpc) is 3.25. The Kier molecular flexibility index (Phi) is 8.73. The van der Waals surface area contributed by atoms with E-state index in [1.807, 2.05) is 54.2 Å². The van der Waals surface area contributed by atoms with E-state index in [2.05, 4.69) is 16.0 Å². The van der Waals surface area contributed by atoms with E-state index in [4.69, 9.17) is 16.3 Å². The molecule has 0 aliphatic rings. The maximum atomic E-state index is 13.0. The van der Waals surface area contributed by atoms with Crippen molar-refractivity contribution < 1.29 is 22.7 Å². The highest BCUT2D eigenvalue weighted by Crippen LogP contribution is 2.36. The number of aromatic nitrogens is 1. The van der Waals surface area contributed by atoms with Gasteiger partial charge in [-0.1, -0.05) is 17.7 Å². The van der Waals surface area contributed by atoms with Crippen LogP contribution in [0.15, 0.2) is 72.9 Å². The molecule has 6 nitrogen and oxygen atoms in total. The molecule has 0 radical (unpaired) electrons. The zero-order valence-electron chi connectivity index (χ0n) is 19.0. The number of carbonyl (C=O) groups excluding carboxylic acids is 1. The molecular weight excluding hydrogens is 516 g/mol. The van der Waals surface area contributed by atoms with E-state index in [-0.39, 0.29) is 18.1 Å². The first-order valence-electron chi connectivity index (χ1n) is 10.7. The first-order chi connectivity index (χ1) is 16.8. The van der Waals surface area contributed by atoms with E-state index in [1.165, 1.54) is 6.07 Å². The molecule has 2 amide bonds. The highest BCUT2D eigenvalue weighted by molar-refractivity contribution is 6.31. The maximum Gasteiger partial charge on any atom is 0.417 e. The van der Waals surface area contributed by atoms with Crippen molar-refractivity contribution in [2.24, 2.45) is 0 Å². The predicted molar refractivity (Wildman–Crippen MR) is 139 cm³/mol. The molecule has 0 saturated heterocycles. The number of urea groups is 1. The van der Waals surface area contributed by atoms with Crippen LogP contribution < -0.4 is 20.7 Å². The fourth-order valence-electron chi connectivity index (χ4n) is 3.57. The second kappa shape index (κ2) is 11.6. The van der Waals surface area contributed by atoms with Gasteiger partial charge in [0.25, 0.3) is 0 Å². The molecule has 0 aliphatic heterocycles. The van der Waals surface area contributed by atoms with Gasteiger partial charge in [-0.2, -0.15) is 13.2 Å². The number of rotatable bonds is 7. The third-order valence-electron chi connectivity index (χ3n) is 5.24. The molecule has 0 fully saturated rings. The van der Waals surface area contributed by atoms with E-state index in [1.54, 1.807) is 12.1 Å². The number of anilines is 2. The number of hydrogen-bond acceptors (Lipinski definition) is 3. The minimum atomic E-state index is -4.62. The van der Waals surface area contributed by atoms with Gasteiger partial charge in [-0.15, -0.1) is 12.4 Å². The monoisotopic (exact) mass is 538 g/mol. The van der Waals surface area contributed by atoms with E-state index in [0.717, 1.165) is 41.0 Å². The zero-order chi connectivity index (χ0) is 25.0. The van der Waals surface area contributed by atoms with Crippen molar-refractivity contribution in [3.63, 3.8) is 0 Å². The third-order valence-corrected chi connectivity index (χ3v) is 5.57. The normalized spacial score (nSPS) is 11.1. The van der Waals surface area contributed by atoms with Crippen molar-refractivity contribution in [2.75, 3.05) is 30.8 Å². The number of ether oxygens (including phenoxy) is 1. The van der Waals surface area contributed by atoms with Crippen molar-refractivity contribution >= 4 is 52.3 Å². The van der Waals surface area contributed by atoms with Gasteiger partial charge in [0.1, 0.15) is 12.4 Å². The number of hydrogen-bond donors (Lipinski definition) is 3. The fraction of sp³-hybridized carbons (Fsp3) is 0.160. The molecule has 0 atom stereocenters. The number of halogens is 5. The minimum absolute atomic E-state index is 0. The van der Waals surface area contributed by atoms with Gasteiger partial charge >= 0.3 is 12.2 Å². The smallest absolute Gasteiger partial charge is 0.417 e. The van der Waals surface area contributed by atoms with Crippen LogP contribution in [-0.2, 0) is 6.18 Å². The lowest BCUT2D eigenvalue weighted by Gasteiger charge is -2.13. The molecule has 3 aromatic carbocycles. The Bertz CT molecular complexity index is 1340. The standard InChI is InChI=1S/C25H22ClF3N4O2.ClH/c1-30-12-14-35-23-4-2-3-22-19(23)11-13-33(22)18-8-5-16(6-9-18)31-24(34)32-17-7-10-21(26)20(15-17)25(27,28)29;/h2-11,13,15,30H,12,14H2,1H3,(H2,31,32,34);1H. The number of carbonyl (C=O) groups is 1. The molecule has 4 aromatic rings. The molecule has 0 saturated carbocycles. The molecule has 190 valence electrons. The molecular formula is C25H23Cl2F3N4O2. The summed E-state index contributed by atoms with van der Waals surface area (Å²) in [5.74, 6) is 0.794. The number of alkyl halides is 3. The molecule has 1 heterocycles. The number of likely N-dealkylation sites (N-methyl/N-ethyl adjacent to an activating group) is 1. The molecule has 0 bridgehead atoms. The van der Waals surface area contributed by atoms with Gasteiger partial charge in [0, 0.05) is 35.2 Å². The number of nitrogens with zero attached hydrogens (tertiary/aromatic N) is 1. The largest absolute Gasteiger partial charge is 0.492 e. The summed E-state index contributed by atoms with van der Waals surface area (Å²) in [5.41, 5.74) is 1.27. The molecule has 36 heavy (non-hydrogen) atoms. The van der Waals surface area contributed by atoms with Crippen molar-refractivity contribution in [2.45, 2.75) is 6.18 Å². The predicted octanol–water partition coefficient (Wildman–Crippen LogP) is 6.97. The van der Waals surface area contributed by atoms with Gasteiger partial charge in [0.2, 0.25) is 0 Å². The van der Waals surface area contributed by atoms with Crippen LogP contribution in [0.1, 0.15) is 5.56 Å². The topological polar surface area (TPSA) is 67.3 Å². The van der Waals surface area contributed by atoms with E-state index in [0.29, 0.717) is 12.3 Å². The molecule has 0 unspecified atom stereocenters. The Balaban J connectivity index is 0.00000361. The zero-order valence-corrected chi connectivity index (χ0v) is 20.6. The first kappa shape index (κ1) is 27.2. The van der Waals surface area contributed by atoms with Crippen LogP contribution >= 0.6 is 24.0 Å². The van der Waals surface area contributed by atoms with Gasteiger partial charge in [0.05, 0.1) is 16.1 Å². The Labute approximate surface area is 216 Å². The number of benzene rings is 3. The van der Waals surface area contributed by atoms with Crippen molar-refractivity contribution in [3.05, 3.63) is 83.5 Å². The summed E-state index contributed by atoms with van der Waals surface area (Å²) in [4.78, 5) is 12.3. The van der Waals surface area contributed by atoms with E-state index >= 15 is 0 Å². The van der Waals surface area contributed by atoms with Crippen molar-refractivity contribution in [1.29, 1.82) is 0 Å². The SMILES string of the molecule is CNCCOc1cccc2c1ccn2-c1ccc(NC(=O)Nc2ccc(Cl)c(C(F)(F)F)c2)cc1.Cl. The summed E-state index contributed by atoms with van der Waals surface area (Å²) >= 11 is 5.62. The summed E-state index contributed by atoms with van der Waals surface area (Å²) < 4.78 is 46.9. The number of nitrogens with one attached hydrogen (secondary N) is 3. The lowest BCUT2D eigenvalue weighted by Crippen LogP contribution is -2.20. The Morgan fingerprint density at radius 2 is 1.69 bits per heavy atom. The second-order valence-corrected chi connectivity index (χ2v) is 8.05. The molecule has 11 heteroatoms. The first-order valence-corrected chi connectivity index (χ1v) is 11.1. The Morgan fingerprint density at radius 3 is 2.39 bits per heavy atom. The molecule has 0 aliphatic carbocycles. The molecule has 4 rings (SSSR count). The minimum Gasteiger partial charge on any atom is -0.492 e. The van der Waals surface area contributed by atoms with Crippen molar-refractivity contribution in [1.82, 2.24) is 9.88 Å². The summed E-state index contributed by atoms with van der Waals surface area (Å²) in [5, 5.41) is 8.59. The second-order valence-electron chi connectivity index (χ2n) is 7.65. The van der Waals surface area contributed by atoms with Crippen LogP contribution in [0.4, 0.5) is 29.3 Å². The number of fused-ring (bicyclic) bond motifs is 1. The van der Waals surface area contributed by atoms with E-state index in [9.17, 15) is 18.0 Å². The third kappa shape index (κ3) is 6.23. The lowest BCUT2D eigenvalue weighted by molar-refractivity contribution is -0.137. The van der Waals surface area contributed by atoms with Crippen LogP contribution in [0.3, 0.4) is 0 Å². The average molecular weight is 539 g/mol. The highest BCUT2D eigenvalue weighted by Gasteiger charge is 2.33. The van der Waals surface area contributed by atoms with Gasteiger partial charge < -0.3 is 25.3 Å². The summed E-state index contributed by atoms with van der Waals surface area (Å²) in [6, 6.07) is 17.4. The fourth-order valence-corrected chi connectivity index (χ4v) is 3.80. The van der Waals surface area contributed by atoms with Crippen LogP contribution in [0, 0.1) is 0 Å². The van der Waals surface area contributed by atoms with Crippen LogP contribution in [-0.4, -0.2) is 30.8 Å². The Morgan fingerprint density at radius 1 is 1.00 bits per heavy atom. The van der Waals surface area contributed by atoms with E-state index < -0.39 is 22.8 Å². The summed E-state index contributed by atoms with van der Waals surface area (Å²) in [6.07, 6.45) is -2.69.